The van der Waals surface area contributed by atoms with E-state index in [1.54, 1.807) is 0 Å². The van der Waals surface area contributed by atoms with E-state index in [1.165, 1.54) is 11.1 Å². The van der Waals surface area contributed by atoms with Crippen LogP contribution in [0.3, 0.4) is 0 Å². The van der Waals surface area contributed by atoms with Gasteiger partial charge in [0.15, 0.2) is 0 Å². The molecular formula is C9H12S2. The summed E-state index contributed by atoms with van der Waals surface area (Å²) in [5.41, 5.74) is 2.56. The zero-order valence-electron chi connectivity index (χ0n) is 6.49. The van der Waals surface area contributed by atoms with Crippen molar-refractivity contribution in [1.82, 2.24) is 0 Å². The van der Waals surface area contributed by atoms with Gasteiger partial charge in [0.2, 0.25) is 0 Å². The molecule has 60 valence electrons. The molecule has 0 aromatic heterocycles. The van der Waals surface area contributed by atoms with Crippen LogP contribution in [0, 0.1) is 0 Å². The van der Waals surface area contributed by atoms with E-state index in [1.807, 2.05) is 12.1 Å². The molecule has 0 amide bonds. The zero-order valence-corrected chi connectivity index (χ0v) is 8.28. The summed E-state index contributed by atoms with van der Waals surface area (Å²) in [4.78, 5) is 0. The average molecular weight is 184 g/mol. The number of thiol groups is 2. The molecule has 1 aromatic carbocycles. The lowest BCUT2D eigenvalue weighted by atomic mass is 10.1. The second-order valence-corrected chi connectivity index (χ2v) is 3.62. The Morgan fingerprint density at radius 2 is 2.00 bits per heavy atom. The molecule has 11 heavy (non-hydrogen) atoms. The Bertz CT molecular complexity index is 231. The first-order valence-electron chi connectivity index (χ1n) is 3.62. The van der Waals surface area contributed by atoms with Crippen molar-refractivity contribution in [2.75, 3.05) is 0 Å². The Hall–Kier alpha value is -0.0800. The molecular weight excluding hydrogens is 172 g/mol. The average Bonchev–Trinajstić information content (AvgIpc) is 2.04. The molecule has 0 heterocycles. The molecule has 0 N–H and O–H groups in total. The molecule has 0 spiro atoms. The Morgan fingerprint density at radius 3 is 2.45 bits per heavy atom. The standard InChI is InChI=1S/C9H12S2/c1-7(11)9-5-3-2-4-8(9)6-10/h2-5,7,10-11H,6H2,1H3. The molecule has 1 aromatic rings. The molecule has 1 unspecified atom stereocenters. The Labute approximate surface area is 78.8 Å². The van der Waals surface area contributed by atoms with Crippen LogP contribution in [0.1, 0.15) is 23.3 Å². The van der Waals surface area contributed by atoms with Gasteiger partial charge < -0.3 is 0 Å². The maximum absolute atomic E-state index is 4.38. The summed E-state index contributed by atoms with van der Waals surface area (Å²) in [5.74, 6) is 0.793. The highest BCUT2D eigenvalue weighted by Crippen LogP contribution is 2.23. The van der Waals surface area contributed by atoms with Gasteiger partial charge in [0.25, 0.3) is 0 Å². The van der Waals surface area contributed by atoms with Gasteiger partial charge in [-0.2, -0.15) is 25.3 Å². The highest BCUT2D eigenvalue weighted by Gasteiger charge is 2.03. The molecule has 1 rings (SSSR count). The van der Waals surface area contributed by atoms with E-state index in [0.717, 1.165) is 5.75 Å². The van der Waals surface area contributed by atoms with Crippen LogP contribution in [0.2, 0.25) is 0 Å². The lowest BCUT2D eigenvalue weighted by Crippen LogP contribution is -1.90. The van der Waals surface area contributed by atoms with Gasteiger partial charge in [-0.3, -0.25) is 0 Å². The summed E-state index contributed by atoms with van der Waals surface area (Å²) in [7, 11) is 0. The van der Waals surface area contributed by atoms with Crippen molar-refractivity contribution in [3.05, 3.63) is 35.4 Å². The van der Waals surface area contributed by atoms with E-state index in [9.17, 15) is 0 Å². The van der Waals surface area contributed by atoms with Crippen LogP contribution in [-0.2, 0) is 5.75 Å². The fraction of sp³-hybridized carbons (Fsp3) is 0.333. The molecule has 0 aliphatic rings. The normalized spacial score (nSPS) is 13.0. The van der Waals surface area contributed by atoms with Crippen LogP contribution in [0.15, 0.2) is 24.3 Å². The lowest BCUT2D eigenvalue weighted by Gasteiger charge is -2.08. The van der Waals surface area contributed by atoms with E-state index >= 15 is 0 Å². The van der Waals surface area contributed by atoms with Gasteiger partial charge in [0.05, 0.1) is 0 Å². The van der Waals surface area contributed by atoms with E-state index in [0.29, 0.717) is 5.25 Å². The minimum atomic E-state index is 0.304. The Morgan fingerprint density at radius 1 is 1.36 bits per heavy atom. The molecule has 0 saturated heterocycles. The van der Waals surface area contributed by atoms with E-state index < -0.39 is 0 Å². The molecule has 0 nitrogen and oxygen atoms in total. The highest BCUT2D eigenvalue weighted by molar-refractivity contribution is 7.80. The number of benzene rings is 1. The first-order chi connectivity index (χ1) is 5.25. The molecule has 0 radical (unpaired) electrons. The second-order valence-electron chi connectivity index (χ2n) is 2.53. The lowest BCUT2D eigenvalue weighted by molar-refractivity contribution is 1.08. The summed E-state index contributed by atoms with van der Waals surface area (Å²) in [6, 6.07) is 8.26. The SMILES string of the molecule is CC(S)c1ccccc1CS. The molecule has 1 atom stereocenters. The smallest absolute Gasteiger partial charge is 0.0241 e. The minimum Gasteiger partial charge on any atom is -0.175 e. The van der Waals surface area contributed by atoms with Crippen molar-refractivity contribution < 1.29 is 0 Å². The largest absolute Gasteiger partial charge is 0.175 e. The van der Waals surface area contributed by atoms with Crippen molar-refractivity contribution in [3.63, 3.8) is 0 Å². The first kappa shape index (κ1) is 9.01. The first-order valence-corrected chi connectivity index (χ1v) is 4.77. The van der Waals surface area contributed by atoms with Crippen LogP contribution in [0.25, 0.3) is 0 Å². The molecule has 0 saturated carbocycles. The molecule has 0 aliphatic heterocycles. The van der Waals surface area contributed by atoms with Gasteiger partial charge in [-0.05, 0) is 18.1 Å². The highest BCUT2D eigenvalue weighted by atomic mass is 32.1. The van der Waals surface area contributed by atoms with Crippen LogP contribution in [0.4, 0.5) is 0 Å². The predicted molar refractivity (Wildman–Crippen MR) is 56.5 cm³/mol. The number of hydrogen-bond donors (Lipinski definition) is 2. The van der Waals surface area contributed by atoms with E-state index in [4.69, 9.17) is 0 Å². The fourth-order valence-electron chi connectivity index (χ4n) is 1.09. The number of rotatable bonds is 2. The van der Waals surface area contributed by atoms with Crippen molar-refractivity contribution in [2.24, 2.45) is 0 Å². The zero-order chi connectivity index (χ0) is 8.27. The van der Waals surface area contributed by atoms with Gasteiger partial charge in [-0.15, -0.1) is 0 Å². The van der Waals surface area contributed by atoms with Gasteiger partial charge in [-0.1, -0.05) is 24.3 Å². The molecule has 0 aliphatic carbocycles. The summed E-state index contributed by atoms with van der Waals surface area (Å²) in [6.07, 6.45) is 0. The molecule has 0 bridgehead atoms. The quantitative estimate of drug-likeness (QED) is 0.648. The second kappa shape index (κ2) is 4.07. The minimum absolute atomic E-state index is 0.304. The van der Waals surface area contributed by atoms with Gasteiger partial charge >= 0.3 is 0 Å². The predicted octanol–water partition coefficient (Wildman–Crippen LogP) is 3.11. The Balaban J connectivity index is 3.02. The van der Waals surface area contributed by atoms with Gasteiger partial charge in [0.1, 0.15) is 0 Å². The van der Waals surface area contributed by atoms with Crippen LogP contribution in [-0.4, -0.2) is 0 Å². The third kappa shape index (κ3) is 2.17. The topological polar surface area (TPSA) is 0 Å². The molecule has 0 fully saturated rings. The van der Waals surface area contributed by atoms with E-state index in [2.05, 4.69) is 44.3 Å². The van der Waals surface area contributed by atoms with Crippen LogP contribution in [0.5, 0.6) is 0 Å². The van der Waals surface area contributed by atoms with E-state index in [-0.39, 0.29) is 0 Å². The van der Waals surface area contributed by atoms with Crippen molar-refractivity contribution in [3.8, 4) is 0 Å². The summed E-state index contributed by atoms with van der Waals surface area (Å²) < 4.78 is 0. The number of hydrogen-bond acceptors (Lipinski definition) is 2. The van der Waals surface area contributed by atoms with Gasteiger partial charge in [-0.25, -0.2) is 0 Å². The summed E-state index contributed by atoms with van der Waals surface area (Å²) in [6.45, 7) is 2.07. The monoisotopic (exact) mass is 184 g/mol. The maximum atomic E-state index is 4.38. The van der Waals surface area contributed by atoms with Crippen molar-refractivity contribution in [1.29, 1.82) is 0 Å². The van der Waals surface area contributed by atoms with Crippen LogP contribution >= 0.6 is 25.3 Å². The summed E-state index contributed by atoms with van der Waals surface area (Å²) >= 11 is 8.62. The maximum Gasteiger partial charge on any atom is 0.0241 e. The third-order valence-corrected chi connectivity index (χ3v) is 2.29. The fourth-order valence-corrected chi connectivity index (χ4v) is 1.63. The molecule has 2 heteroatoms. The third-order valence-electron chi connectivity index (χ3n) is 1.68. The van der Waals surface area contributed by atoms with Crippen molar-refractivity contribution in [2.45, 2.75) is 17.9 Å². The van der Waals surface area contributed by atoms with Gasteiger partial charge in [0, 0.05) is 11.0 Å². The Kier molecular flexibility index (Phi) is 3.34. The summed E-state index contributed by atoms with van der Waals surface area (Å²) in [5, 5.41) is 0.304. The van der Waals surface area contributed by atoms with Crippen LogP contribution < -0.4 is 0 Å². The van der Waals surface area contributed by atoms with Crippen molar-refractivity contribution >= 4 is 25.3 Å².